The summed E-state index contributed by atoms with van der Waals surface area (Å²) < 4.78 is 2.32. The molecule has 4 aromatic carbocycles. The van der Waals surface area contributed by atoms with E-state index < -0.39 is 0 Å². The fourth-order valence-corrected chi connectivity index (χ4v) is 6.53. The molecule has 248 valence electrons. The van der Waals surface area contributed by atoms with E-state index in [4.69, 9.17) is 4.98 Å². The van der Waals surface area contributed by atoms with Gasteiger partial charge in [0.15, 0.2) is 0 Å². The van der Waals surface area contributed by atoms with Crippen LogP contribution in [0.3, 0.4) is 0 Å². The SMILES string of the molecule is CCCN(CCC)c1ccc(-c2nc3cc(C(CC(C)=O)NCc4ccc5[nH]ncc5c4)ccc3n2CCc2ccc(CO)cc2)cc1. The van der Waals surface area contributed by atoms with Gasteiger partial charge in [-0.1, -0.05) is 50.2 Å². The number of benzene rings is 4. The van der Waals surface area contributed by atoms with Crippen molar-refractivity contribution in [2.24, 2.45) is 0 Å². The van der Waals surface area contributed by atoms with E-state index in [0.29, 0.717) is 13.0 Å². The predicted molar refractivity (Wildman–Crippen MR) is 195 cm³/mol. The number of Topliss-reactive ketones (excluding diaryl/α,β-unsaturated/α-hetero) is 1. The number of carbonyl (C=O) groups is 1. The van der Waals surface area contributed by atoms with Gasteiger partial charge in [0.25, 0.3) is 0 Å². The Morgan fingerprint density at radius 2 is 1.65 bits per heavy atom. The molecule has 0 aliphatic rings. The molecule has 8 nitrogen and oxygen atoms in total. The monoisotopic (exact) mass is 642 g/mol. The van der Waals surface area contributed by atoms with Crippen molar-refractivity contribution in [1.29, 1.82) is 0 Å². The molecule has 0 aliphatic heterocycles. The Labute approximate surface area is 282 Å². The van der Waals surface area contributed by atoms with Crippen molar-refractivity contribution in [2.75, 3.05) is 18.0 Å². The second-order valence-corrected chi connectivity index (χ2v) is 12.7. The molecule has 0 fully saturated rings. The summed E-state index contributed by atoms with van der Waals surface area (Å²) in [5, 5.41) is 21.3. The number of carbonyl (C=O) groups excluding carboxylic acids is 1. The first-order valence-corrected chi connectivity index (χ1v) is 17.1. The Morgan fingerprint density at radius 3 is 2.35 bits per heavy atom. The molecular formula is C40H46N6O2. The Bertz CT molecular complexity index is 1950. The van der Waals surface area contributed by atoms with E-state index >= 15 is 0 Å². The van der Waals surface area contributed by atoms with E-state index in [1.807, 2.05) is 24.4 Å². The van der Waals surface area contributed by atoms with E-state index in [9.17, 15) is 9.90 Å². The molecule has 48 heavy (non-hydrogen) atoms. The molecule has 0 spiro atoms. The highest BCUT2D eigenvalue weighted by atomic mass is 16.3. The number of nitrogens with zero attached hydrogens (tertiary/aromatic N) is 4. The highest BCUT2D eigenvalue weighted by Gasteiger charge is 2.19. The molecular weight excluding hydrogens is 596 g/mol. The van der Waals surface area contributed by atoms with Crippen molar-refractivity contribution < 1.29 is 9.90 Å². The molecule has 0 amide bonds. The molecule has 6 rings (SSSR count). The van der Waals surface area contributed by atoms with Crippen LogP contribution in [0.1, 0.15) is 68.3 Å². The van der Waals surface area contributed by atoms with Gasteiger partial charge in [0.1, 0.15) is 11.6 Å². The summed E-state index contributed by atoms with van der Waals surface area (Å²) in [6, 6.07) is 29.5. The van der Waals surface area contributed by atoms with Gasteiger partial charge < -0.3 is 19.9 Å². The first-order valence-electron chi connectivity index (χ1n) is 17.1. The van der Waals surface area contributed by atoms with Crippen molar-refractivity contribution in [3.63, 3.8) is 0 Å². The van der Waals surface area contributed by atoms with E-state index in [1.54, 1.807) is 6.92 Å². The highest BCUT2D eigenvalue weighted by Crippen LogP contribution is 2.30. The van der Waals surface area contributed by atoms with Crippen LogP contribution in [0, 0.1) is 0 Å². The fraction of sp³-hybridized carbons (Fsp3) is 0.325. The molecule has 2 heterocycles. The first kappa shape index (κ1) is 33.1. The number of ketones is 1. The maximum absolute atomic E-state index is 12.4. The maximum Gasteiger partial charge on any atom is 0.141 e. The number of nitrogens with one attached hydrogen (secondary N) is 2. The van der Waals surface area contributed by atoms with Crippen LogP contribution >= 0.6 is 0 Å². The Kier molecular flexibility index (Phi) is 10.6. The first-order chi connectivity index (χ1) is 23.4. The fourth-order valence-electron chi connectivity index (χ4n) is 6.53. The lowest BCUT2D eigenvalue weighted by atomic mass is 10.0. The number of aliphatic hydroxyl groups excluding tert-OH is 1. The van der Waals surface area contributed by atoms with E-state index in [1.165, 1.54) is 11.3 Å². The summed E-state index contributed by atoms with van der Waals surface area (Å²) in [4.78, 5) is 20.1. The molecule has 2 aromatic heterocycles. The van der Waals surface area contributed by atoms with Gasteiger partial charge in [-0.15, -0.1) is 0 Å². The van der Waals surface area contributed by atoms with Crippen LogP contribution < -0.4 is 10.2 Å². The number of hydrogen-bond acceptors (Lipinski definition) is 6. The van der Waals surface area contributed by atoms with Gasteiger partial charge >= 0.3 is 0 Å². The van der Waals surface area contributed by atoms with Crippen LogP contribution in [-0.4, -0.2) is 43.7 Å². The molecule has 0 aliphatic carbocycles. The predicted octanol–water partition coefficient (Wildman–Crippen LogP) is 7.75. The number of aliphatic hydroxyl groups is 1. The minimum absolute atomic E-state index is 0.0436. The van der Waals surface area contributed by atoms with Crippen LogP contribution in [0.2, 0.25) is 0 Å². The number of fused-ring (bicyclic) bond motifs is 2. The maximum atomic E-state index is 12.4. The third-order valence-electron chi connectivity index (χ3n) is 9.03. The smallest absolute Gasteiger partial charge is 0.141 e. The molecule has 0 saturated heterocycles. The third-order valence-corrected chi connectivity index (χ3v) is 9.03. The largest absolute Gasteiger partial charge is 0.392 e. The lowest BCUT2D eigenvalue weighted by Crippen LogP contribution is -2.24. The normalized spacial score (nSPS) is 12.2. The van der Waals surface area contributed by atoms with Crippen molar-refractivity contribution >= 4 is 33.4 Å². The van der Waals surface area contributed by atoms with Crippen LogP contribution in [0.25, 0.3) is 33.3 Å². The lowest BCUT2D eigenvalue weighted by Gasteiger charge is -2.24. The number of anilines is 1. The topological polar surface area (TPSA) is 99.1 Å². The van der Waals surface area contributed by atoms with Crippen LogP contribution in [0.15, 0.2) is 91.1 Å². The second-order valence-electron chi connectivity index (χ2n) is 12.7. The molecule has 1 atom stereocenters. The Hall–Kier alpha value is -4.79. The average molecular weight is 643 g/mol. The molecule has 8 heteroatoms. The van der Waals surface area contributed by atoms with E-state index in [0.717, 1.165) is 88.9 Å². The summed E-state index contributed by atoms with van der Waals surface area (Å²) >= 11 is 0. The van der Waals surface area contributed by atoms with Crippen molar-refractivity contribution in [2.45, 2.75) is 72.2 Å². The van der Waals surface area contributed by atoms with Crippen LogP contribution in [0.5, 0.6) is 0 Å². The highest BCUT2D eigenvalue weighted by molar-refractivity contribution is 5.82. The minimum atomic E-state index is -0.145. The van der Waals surface area contributed by atoms with Gasteiger partial charge in [-0.3, -0.25) is 9.89 Å². The number of rotatable bonds is 16. The number of aromatic amines is 1. The number of imidazole rings is 1. The Balaban J connectivity index is 1.32. The van der Waals surface area contributed by atoms with E-state index in [2.05, 4.69) is 106 Å². The summed E-state index contributed by atoms with van der Waals surface area (Å²) in [7, 11) is 0. The zero-order valence-electron chi connectivity index (χ0n) is 28.2. The molecule has 0 saturated carbocycles. The zero-order chi connectivity index (χ0) is 33.5. The standard InChI is InChI=1S/C40H46N6O2/c1-4-19-45(20-5-2)35-14-11-32(12-15-35)40-43-38-24-33(13-17-39(38)46(40)21-18-29-6-8-30(27-47)9-7-29)37(22-28(3)48)41-25-31-10-16-36-34(23-31)26-42-44-36/h6-17,23-24,26,37,41,47H,4-5,18-22,25,27H2,1-3H3,(H,42,44). The molecule has 6 aromatic rings. The van der Waals surface area contributed by atoms with Gasteiger partial charge in [-0.25, -0.2) is 4.98 Å². The quantitative estimate of drug-likeness (QED) is 0.0999. The van der Waals surface area contributed by atoms with Gasteiger partial charge in [-0.2, -0.15) is 5.10 Å². The van der Waals surface area contributed by atoms with Gasteiger partial charge in [0.2, 0.25) is 0 Å². The zero-order valence-corrected chi connectivity index (χ0v) is 28.2. The van der Waals surface area contributed by atoms with Crippen molar-refractivity contribution in [1.82, 2.24) is 25.1 Å². The number of aromatic nitrogens is 4. The summed E-state index contributed by atoms with van der Waals surface area (Å²) in [6.45, 7) is 9.61. The lowest BCUT2D eigenvalue weighted by molar-refractivity contribution is -0.117. The minimum Gasteiger partial charge on any atom is -0.392 e. The molecule has 1 unspecified atom stereocenters. The Morgan fingerprint density at radius 1 is 0.917 bits per heavy atom. The number of hydrogen-bond donors (Lipinski definition) is 3. The average Bonchev–Trinajstić information content (AvgIpc) is 3.73. The second kappa shape index (κ2) is 15.4. The summed E-state index contributed by atoms with van der Waals surface area (Å²) in [6.07, 6.45) is 5.28. The van der Waals surface area contributed by atoms with E-state index in [-0.39, 0.29) is 18.4 Å². The summed E-state index contributed by atoms with van der Waals surface area (Å²) in [5.74, 6) is 1.07. The summed E-state index contributed by atoms with van der Waals surface area (Å²) in [5.41, 5.74) is 9.60. The van der Waals surface area contributed by atoms with Gasteiger partial charge in [-0.05, 0) is 97.0 Å². The third kappa shape index (κ3) is 7.67. The number of H-pyrrole nitrogens is 1. The molecule has 0 radical (unpaired) electrons. The number of aryl methyl sites for hydroxylation is 2. The van der Waals surface area contributed by atoms with Crippen molar-refractivity contribution in [3.8, 4) is 11.4 Å². The van der Waals surface area contributed by atoms with Gasteiger partial charge in [0, 0.05) is 55.3 Å². The van der Waals surface area contributed by atoms with Crippen LogP contribution in [0.4, 0.5) is 5.69 Å². The van der Waals surface area contributed by atoms with Crippen LogP contribution in [-0.2, 0) is 30.9 Å². The van der Waals surface area contributed by atoms with Crippen molar-refractivity contribution in [3.05, 3.63) is 113 Å². The van der Waals surface area contributed by atoms with Gasteiger partial charge in [0.05, 0.1) is 29.4 Å². The molecule has 3 N–H and O–H groups in total. The molecule has 0 bridgehead atoms.